The first kappa shape index (κ1) is 22.6. The third-order valence-electron chi connectivity index (χ3n) is 7.31. The van der Waals surface area contributed by atoms with Crippen molar-refractivity contribution in [2.24, 2.45) is 5.41 Å². The molecule has 4 aliphatic rings. The number of barbiturate groups is 1. The average Bonchev–Trinajstić information content (AvgIpc) is 3.39. The van der Waals surface area contributed by atoms with E-state index in [1.807, 2.05) is 0 Å². The number of anilines is 2. The van der Waals surface area contributed by atoms with Crippen molar-refractivity contribution in [3.63, 3.8) is 0 Å². The highest BCUT2D eigenvalue weighted by Gasteiger charge is 2.63. The fourth-order valence-corrected chi connectivity index (χ4v) is 5.94. The first-order valence-corrected chi connectivity index (χ1v) is 11.4. The van der Waals surface area contributed by atoms with Crippen molar-refractivity contribution in [1.82, 2.24) is 15.8 Å². The molecule has 0 aliphatic carbocycles. The number of morpholine rings is 1. The van der Waals surface area contributed by atoms with Crippen molar-refractivity contribution in [1.29, 1.82) is 0 Å². The predicted octanol–water partition coefficient (Wildman–Crippen LogP) is 1.15. The van der Waals surface area contributed by atoms with Crippen LogP contribution in [0.25, 0.3) is 11.0 Å². The summed E-state index contributed by atoms with van der Waals surface area (Å²) < 4.78 is 45.7. The molecule has 5 amide bonds. The zero-order valence-corrected chi connectivity index (χ0v) is 19.2. The molecule has 190 valence electrons. The second-order valence-corrected chi connectivity index (χ2v) is 9.47. The van der Waals surface area contributed by atoms with Crippen molar-refractivity contribution in [2.75, 3.05) is 29.6 Å². The van der Waals surface area contributed by atoms with Gasteiger partial charge in [0.2, 0.25) is 17.4 Å². The third-order valence-corrected chi connectivity index (χ3v) is 7.31. The van der Waals surface area contributed by atoms with Crippen LogP contribution >= 0.6 is 0 Å². The Kier molecular flexibility index (Phi) is 4.78. The fraction of sp³-hybridized carbons (Fsp3) is 0.500. The smallest absolute Gasteiger partial charge is 0.416 e. The van der Waals surface area contributed by atoms with Gasteiger partial charge in [0.15, 0.2) is 17.1 Å². The minimum atomic E-state index is -1.81. The van der Waals surface area contributed by atoms with Crippen molar-refractivity contribution < 1.29 is 42.0 Å². The number of amides is 5. The molecular weight excluding hydrogens is 484 g/mol. The number of carbonyl (C=O) groups is 4. The molecule has 1 aromatic heterocycles. The third kappa shape index (κ3) is 2.84. The molecule has 0 bridgehead atoms. The van der Waals surface area contributed by atoms with Crippen LogP contribution in [0.15, 0.2) is 10.6 Å². The van der Waals surface area contributed by atoms with Crippen LogP contribution in [-0.2, 0) is 25.5 Å². The Morgan fingerprint density at radius 3 is 2.61 bits per heavy atom. The summed E-state index contributed by atoms with van der Waals surface area (Å²) in [6.07, 6.45) is -2.19. The summed E-state index contributed by atoms with van der Waals surface area (Å²) in [5, 5.41) is 8.21. The lowest BCUT2D eigenvalue weighted by Gasteiger charge is -2.55. The number of hydrogen-bond donors (Lipinski definition) is 2. The maximum Gasteiger partial charge on any atom is 0.416 e. The van der Waals surface area contributed by atoms with Gasteiger partial charge < -0.3 is 18.9 Å². The number of ether oxygens (including phenoxy) is 2. The van der Waals surface area contributed by atoms with E-state index in [2.05, 4.69) is 15.8 Å². The molecule has 1 spiro atoms. The number of hydrogen-bond acceptors (Lipinski definition) is 9. The molecule has 4 atom stereocenters. The van der Waals surface area contributed by atoms with Crippen LogP contribution in [0, 0.1) is 11.2 Å². The van der Waals surface area contributed by atoms with Gasteiger partial charge in [-0.1, -0.05) is 5.16 Å². The molecule has 0 saturated carbocycles. The number of halogens is 2. The first-order valence-electron chi connectivity index (χ1n) is 11.4. The van der Waals surface area contributed by atoms with Crippen LogP contribution in [0.2, 0.25) is 0 Å². The van der Waals surface area contributed by atoms with Crippen LogP contribution in [0.3, 0.4) is 0 Å². The molecule has 5 heterocycles. The van der Waals surface area contributed by atoms with Gasteiger partial charge in [0.25, 0.3) is 0 Å². The summed E-state index contributed by atoms with van der Waals surface area (Å²) in [7, 11) is 0. The zero-order chi connectivity index (χ0) is 25.5. The number of cyclic esters (lactones) is 1. The van der Waals surface area contributed by atoms with E-state index in [4.69, 9.17) is 14.0 Å². The Morgan fingerprint density at radius 1 is 1.19 bits per heavy atom. The van der Waals surface area contributed by atoms with E-state index in [0.29, 0.717) is 0 Å². The number of nitrogens with one attached hydrogen (secondary N) is 2. The quantitative estimate of drug-likeness (QED) is 0.575. The van der Waals surface area contributed by atoms with E-state index in [0.717, 1.165) is 4.90 Å². The molecule has 4 aliphatic heterocycles. The topological polar surface area (TPSA) is 143 Å². The molecule has 0 unspecified atom stereocenters. The van der Waals surface area contributed by atoms with Crippen molar-refractivity contribution in [3.05, 3.63) is 17.4 Å². The highest BCUT2D eigenvalue weighted by molar-refractivity contribution is 6.20. The van der Waals surface area contributed by atoms with E-state index in [1.165, 1.54) is 6.07 Å². The normalized spacial score (nSPS) is 29.2. The van der Waals surface area contributed by atoms with Crippen molar-refractivity contribution in [3.8, 4) is 0 Å². The monoisotopic (exact) mass is 505 g/mol. The standard InChI is InChI=1S/C22H21F2N5O7/c1-8-6-28-14-10(4-22(16(28)9(2)35-8)18(30)25-20(32)26-19(22)31)3-12-15(13(14)24)36-27-17(12)29-11(5-23)7-34-21(29)33/h3,8-9,11,16H,4-7H2,1-2H3,(H2,25,26,30,31,32)/t8-,9+,11+,16-/m1/s1. The highest BCUT2D eigenvalue weighted by atomic mass is 19.1. The van der Waals surface area contributed by atoms with E-state index in [-0.39, 0.29) is 53.7 Å². The van der Waals surface area contributed by atoms with Gasteiger partial charge in [0, 0.05) is 13.0 Å². The molecule has 0 radical (unpaired) electrons. The fourth-order valence-electron chi connectivity index (χ4n) is 5.94. The lowest BCUT2D eigenvalue weighted by molar-refractivity contribution is -0.153. The molecule has 2 N–H and O–H groups in total. The van der Waals surface area contributed by atoms with Gasteiger partial charge in [0.05, 0.1) is 29.3 Å². The van der Waals surface area contributed by atoms with E-state index in [1.54, 1.807) is 18.7 Å². The number of rotatable bonds is 2. The molecule has 12 nitrogen and oxygen atoms in total. The highest BCUT2D eigenvalue weighted by Crippen LogP contribution is 2.50. The van der Waals surface area contributed by atoms with Gasteiger partial charge >= 0.3 is 12.1 Å². The van der Waals surface area contributed by atoms with Gasteiger partial charge in [-0.25, -0.2) is 23.3 Å². The summed E-state index contributed by atoms with van der Waals surface area (Å²) >= 11 is 0. The second kappa shape index (κ2) is 7.59. The largest absolute Gasteiger partial charge is 0.447 e. The summed E-state index contributed by atoms with van der Waals surface area (Å²) in [6.45, 7) is 2.47. The number of benzene rings is 1. The minimum Gasteiger partial charge on any atom is -0.447 e. The van der Waals surface area contributed by atoms with E-state index in [9.17, 15) is 23.6 Å². The summed E-state index contributed by atoms with van der Waals surface area (Å²) in [4.78, 5) is 53.2. The summed E-state index contributed by atoms with van der Waals surface area (Å²) in [5.41, 5.74) is -1.72. The van der Waals surface area contributed by atoms with E-state index >= 15 is 4.39 Å². The molecule has 6 rings (SSSR count). The number of urea groups is 1. The number of alkyl halides is 1. The summed E-state index contributed by atoms with van der Waals surface area (Å²) in [5.74, 6) is -2.59. The Bertz CT molecular complexity index is 1330. The maximum absolute atomic E-state index is 16.1. The number of fused-ring (bicyclic) bond motifs is 5. The van der Waals surface area contributed by atoms with Crippen LogP contribution in [0.5, 0.6) is 0 Å². The molecule has 14 heteroatoms. The minimum absolute atomic E-state index is 0.0548. The van der Waals surface area contributed by atoms with Crippen LogP contribution in [0.1, 0.15) is 19.4 Å². The Hall–Kier alpha value is -3.81. The number of aromatic nitrogens is 1. The van der Waals surface area contributed by atoms with Crippen LogP contribution < -0.4 is 20.4 Å². The SMILES string of the molecule is C[C@@H]1CN2c3c(cc4c(N5C(=O)OC[C@@H]5CF)noc4c3F)CC3(C(=O)NC(=O)NC3=O)[C@H]2[C@H](C)O1. The van der Waals surface area contributed by atoms with Gasteiger partial charge in [-0.3, -0.25) is 20.2 Å². The predicted molar refractivity (Wildman–Crippen MR) is 117 cm³/mol. The number of nitrogens with zero attached hydrogens (tertiary/aromatic N) is 3. The molecule has 3 saturated heterocycles. The number of imide groups is 2. The lowest BCUT2D eigenvalue weighted by atomic mass is 9.66. The summed E-state index contributed by atoms with van der Waals surface area (Å²) in [6, 6.07) is -1.38. The Labute approximate surface area is 201 Å². The maximum atomic E-state index is 16.1. The zero-order valence-electron chi connectivity index (χ0n) is 19.2. The van der Waals surface area contributed by atoms with Gasteiger partial charge in [-0.15, -0.1) is 0 Å². The van der Waals surface area contributed by atoms with Crippen molar-refractivity contribution in [2.45, 2.75) is 44.6 Å². The molecular formula is C22H21F2N5O7. The number of carbonyl (C=O) groups excluding carboxylic acids is 4. The Morgan fingerprint density at radius 2 is 1.92 bits per heavy atom. The first-order chi connectivity index (χ1) is 17.2. The van der Waals surface area contributed by atoms with Gasteiger partial charge in [-0.05, 0) is 25.5 Å². The molecule has 1 aromatic carbocycles. The van der Waals surface area contributed by atoms with E-state index < -0.39 is 60.0 Å². The molecule has 2 aromatic rings. The molecule has 36 heavy (non-hydrogen) atoms. The lowest BCUT2D eigenvalue weighted by Crippen LogP contribution is -2.75. The molecule has 3 fully saturated rings. The van der Waals surface area contributed by atoms with Gasteiger partial charge in [0.1, 0.15) is 19.3 Å². The van der Waals surface area contributed by atoms with Crippen LogP contribution in [-0.4, -0.2) is 73.2 Å². The Balaban J connectivity index is 1.57. The van der Waals surface area contributed by atoms with Crippen molar-refractivity contribution >= 4 is 46.4 Å². The van der Waals surface area contributed by atoms with Crippen LogP contribution in [0.4, 0.5) is 29.9 Å². The van der Waals surface area contributed by atoms with Gasteiger partial charge in [-0.2, -0.15) is 0 Å². The second-order valence-electron chi connectivity index (χ2n) is 9.47. The average molecular weight is 505 g/mol.